The standard InChI is InChI=1S/C48H60F4N10O4/c1-30(32-22-34(48(50,51)52)25-35(53)23-32)56-43-38-27-41(47(66)58(2)44(38)55-29-54-43)61-20-18-60(19-21-61)15-9-7-5-3-4-6-8-14-59-16-12-31(13-17-59)36-24-33-28-62(46(65)37(33)26-39(36)49)40-10-11-42(63)57-45(40)64/h22-27,29-31,40H,3-21,28,53H2,1-2H3,(H,54,55,56)(H,57,63,64)/t30-,40?/m1/s1. The molecule has 6 heterocycles. The van der Waals surface area contributed by atoms with E-state index in [2.05, 4.69) is 35.3 Å². The van der Waals surface area contributed by atoms with Crippen LogP contribution in [0, 0.1) is 5.82 Å². The minimum Gasteiger partial charge on any atom is -0.399 e. The van der Waals surface area contributed by atoms with E-state index in [1.807, 2.05) is 6.07 Å². The van der Waals surface area contributed by atoms with Crippen molar-refractivity contribution in [3.63, 3.8) is 0 Å². The number of rotatable bonds is 16. The van der Waals surface area contributed by atoms with E-state index in [-0.39, 0.29) is 54.2 Å². The number of carbonyl (C=O) groups excluding carboxylic acids is 3. The van der Waals surface area contributed by atoms with Crippen LogP contribution < -0.4 is 26.8 Å². The summed E-state index contributed by atoms with van der Waals surface area (Å²) in [7, 11) is 1.67. The molecule has 0 radical (unpaired) electrons. The first kappa shape index (κ1) is 46.9. The second-order valence-corrected chi connectivity index (χ2v) is 18.5. The first-order valence-electron chi connectivity index (χ1n) is 23.4. The number of nitrogens with zero attached hydrogens (tertiary/aromatic N) is 7. The Labute approximate surface area is 381 Å². The van der Waals surface area contributed by atoms with Crippen molar-refractivity contribution in [3.05, 3.63) is 86.7 Å². The summed E-state index contributed by atoms with van der Waals surface area (Å²) in [4.78, 5) is 67.9. The van der Waals surface area contributed by atoms with Crippen molar-refractivity contribution in [2.45, 2.75) is 108 Å². The molecule has 2 atom stereocenters. The number of nitrogens with two attached hydrogens (primary N) is 1. The monoisotopic (exact) mass is 916 g/mol. The number of nitrogen functional groups attached to an aromatic ring is 1. The molecule has 14 nitrogen and oxygen atoms in total. The summed E-state index contributed by atoms with van der Waals surface area (Å²) >= 11 is 0. The molecule has 4 N–H and O–H groups in total. The van der Waals surface area contributed by atoms with Crippen molar-refractivity contribution in [1.82, 2.24) is 34.6 Å². The number of aryl methyl sites for hydroxylation is 1. The van der Waals surface area contributed by atoms with Crippen LogP contribution in [0.4, 0.5) is 34.8 Å². The molecule has 3 amide bonds. The second kappa shape index (κ2) is 20.1. The van der Waals surface area contributed by atoms with Gasteiger partial charge >= 0.3 is 6.18 Å². The Balaban J connectivity index is 0.718. The van der Waals surface area contributed by atoms with Crippen molar-refractivity contribution in [2.75, 3.05) is 68.3 Å². The molecular weight excluding hydrogens is 857 g/mol. The largest absolute Gasteiger partial charge is 0.416 e. The lowest BCUT2D eigenvalue weighted by molar-refractivity contribution is -0.138. The number of imide groups is 1. The number of nitrogens with one attached hydrogen (secondary N) is 2. The quantitative estimate of drug-likeness (QED) is 0.0473. The van der Waals surface area contributed by atoms with Crippen LogP contribution in [0.3, 0.4) is 0 Å². The van der Waals surface area contributed by atoms with Gasteiger partial charge < -0.3 is 25.8 Å². The fraction of sp³-hybridized carbons (Fsp3) is 0.542. The highest BCUT2D eigenvalue weighted by molar-refractivity contribution is 6.05. The molecule has 354 valence electrons. The minimum atomic E-state index is -4.53. The minimum absolute atomic E-state index is 0.0136. The van der Waals surface area contributed by atoms with Gasteiger partial charge in [0.15, 0.2) is 0 Å². The first-order valence-corrected chi connectivity index (χ1v) is 23.4. The maximum Gasteiger partial charge on any atom is 0.416 e. The van der Waals surface area contributed by atoms with E-state index in [1.165, 1.54) is 60.0 Å². The Morgan fingerprint density at radius 1 is 0.833 bits per heavy atom. The second-order valence-electron chi connectivity index (χ2n) is 18.5. The number of unbranched alkanes of at least 4 members (excludes halogenated alkanes) is 6. The van der Waals surface area contributed by atoms with E-state index in [1.54, 1.807) is 20.0 Å². The van der Waals surface area contributed by atoms with Gasteiger partial charge in [0.2, 0.25) is 11.8 Å². The number of carbonyl (C=O) groups is 3. The molecule has 4 aromatic rings. The Morgan fingerprint density at radius 2 is 1.50 bits per heavy atom. The van der Waals surface area contributed by atoms with E-state index < -0.39 is 29.7 Å². The summed E-state index contributed by atoms with van der Waals surface area (Å²) in [5, 5.41) is 6.14. The van der Waals surface area contributed by atoms with Gasteiger partial charge in [0, 0.05) is 57.4 Å². The number of fused-ring (bicyclic) bond motifs is 2. The van der Waals surface area contributed by atoms with Crippen LogP contribution >= 0.6 is 0 Å². The number of alkyl halides is 3. The molecule has 0 bridgehead atoms. The molecule has 4 aliphatic heterocycles. The Kier molecular flexibility index (Phi) is 14.3. The summed E-state index contributed by atoms with van der Waals surface area (Å²) in [6.45, 7) is 8.89. The number of amides is 3. The van der Waals surface area contributed by atoms with Crippen LogP contribution in [-0.4, -0.2) is 105 Å². The molecule has 4 aliphatic rings. The topological polar surface area (TPSA) is 162 Å². The molecule has 3 fully saturated rings. The lowest BCUT2D eigenvalue weighted by atomic mass is 9.87. The molecule has 8 rings (SSSR count). The van der Waals surface area contributed by atoms with Gasteiger partial charge in [0.25, 0.3) is 11.5 Å². The fourth-order valence-corrected chi connectivity index (χ4v) is 10.1. The van der Waals surface area contributed by atoms with Crippen molar-refractivity contribution < 1.29 is 31.9 Å². The lowest BCUT2D eigenvalue weighted by Crippen LogP contribution is -2.52. The van der Waals surface area contributed by atoms with E-state index in [0.29, 0.717) is 52.3 Å². The average Bonchev–Trinajstić information content (AvgIpc) is 3.60. The van der Waals surface area contributed by atoms with Gasteiger partial charge in [-0.15, -0.1) is 0 Å². The van der Waals surface area contributed by atoms with Crippen LogP contribution in [0.25, 0.3) is 11.0 Å². The van der Waals surface area contributed by atoms with Crippen molar-refractivity contribution in [3.8, 4) is 0 Å². The third-order valence-electron chi connectivity index (χ3n) is 14.0. The van der Waals surface area contributed by atoms with Crippen LogP contribution in [0.5, 0.6) is 0 Å². The van der Waals surface area contributed by atoms with Gasteiger partial charge in [-0.2, -0.15) is 13.2 Å². The molecule has 3 saturated heterocycles. The predicted octanol–water partition coefficient (Wildman–Crippen LogP) is 6.74. The van der Waals surface area contributed by atoms with Gasteiger partial charge in [-0.25, -0.2) is 14.4 Å². The number of aromatic nitrogens is 3. The fourth-order valence-electron chi connectivity index (χ4n) is 10.1. The molecule has 66 heavy (non-hydrogen) atoms. The highest BCUT2D eigenvalue weighted by Gasteiger charge is 2.40. The van der Waals surface area contributed by atoms with Crippen molar-refractivity contribution in [2.24, 2.45) is 7.05 Å². The van der Waals surface area contributed by atoms with E-state index in [0.717, 1.165) is 82.6 Å². The molecule has 2 aromatic carbocycles. The number of pyridine rings is 1. The highest BCUT2D eigenvalue weighted by Crippen LogP contribution is 2.37. The maximum atomic E-state index is 15.4. The zero-order chi connectivity index (χ0) is 46.7. The van der Waals surface area contributed by atoms with Gasteiger partial charge in [-0.1, -0.05) is 38.2 Å². The number of piperidine rings is 2. The van der Waals surface area contributed by atoms with E-state index >= 15 is 4.39 Å². The third kappa shape index (κ3) is 10.5. The van der Waals surface area contributed by atoms with Crippen molar-refractivity contribution in [1.29, 1.82) is 0 Å². The van der Waals surface area contributed by atoms with Crippen molar-refractivity contribution >= 4 is 45.9 Å². The number of benzene rings is 2. The SMILES string of the molecule is C[C@@H](Nc1ncnc2c1cc(N1CCN(CCCCCCCCCN3CCC(c4cc5c(cc4F)C(=O)N(C4CCC(=O)NC4=O)C5)CC3)CC1)c(=O)n2C)c1cc(N)cc(C(F)(F)F)c1. The van der Waals surface area contributed by atoms with Crippen LogP contribution in [-0.2, 0) is 29.4 Å². The summed E-state index contributed by atoms with van der Waals surface area (Å²) in [6, 6.07) is 7.18. The number of likely N-dealkylation sites (tertiary alicyclic amines) is 1. The number of hydrogen-bond acceptors (Lipinski definition) is 11. The summed E-state index contributed by atoms with van der Waals surface area (Å²) < 4.78 is 57.4. The lowest BCUT2D eigenvalue weighted by Gasteiger charge is -2.36. The molecular formula is C48H60F4N10O4. The predicted molar refractivity (Wildman–Crippen MR) is 245 cm³/mol. The van der Waals surface area contributed by atoms with Gasteiger partial charge in [-0.05, 0) is 118 Å². The van der Waals surface area contributed by atoms with Gasteiger partial charge in [-0.3, -0.25) is 34.0 Å². The summed E-state index contributed by atoms with van der Waals surface area (Å²) in [6.07, 6.45) is 7.19. The van der Waals surface area contributed by atoms with Gasteiger partial charge in [0.05, 0.1) is 17.0 Å². The average molecular weight is 917 g/mol. The number of halogens is 4. The number of hydrogen-bond donors (Lipinski definition) is 3. The Morgan fingerprint density at radius 3 is 2.17 bits per heavy atom. The maximum absolute atomic E-state index is 15.4. The molecule has 1 unspecified atom stereocenters. The molecule has 0 spiro atoms. The van der Waals surface area contributed by atoms with Crippen LogP contribution in [0.15, 0.2) is 47.5 Å². The van der Waals surface area contributed by atoms with E-state index in [9.17, 15) is 32.3 Å². The molecule has 0 saturated carbocycles. The first-order chi connectivity index (χ1) is 31.6. The Bertz CT molecular complexity index is 2500. The third-order valence-corrected chi connectivity index (χ3v) is 14.0. The zero-order valence-electron chi connectivity index (χ0n) is 37.8. The van der Waals surface area contributed by atoms with Crippen LogP contribution in [0.2, 0.25) is 0 Å². The normalized spacial score (nSPS) is 19.4. The molecule has 18 heteroatoms. The molecule has 0 aliphatic carbocycles. The number of piperazine rings is 1. The molecule has 2 aromatic heterocycles. The zero-order valence-corrected chi connectivity index (χ0v) is 37.8. The summed E-state index contributed by atoms with van der Waals surface area (Å²) in [5.41, 5.74) is 7.88. The van der Waals surface area contributed by atoms with E-state index in [4.69, 9.17) is 5.73 Å². The van der Waals surface area contributed by atoms with Gasteiger partial charge in [0.1, 0.15) is 35.3 Å². The summed E-state index contributed by atoms with van der Waals surface area (Å²) in [5.74, 6) is -1.02. The number of anilines is 3. The smallest absolute Gasteiger partial charge is 0.399 e. The van der Waals surface area contributed by atoms with Crippen LogP contribution in [0.1, 0.15) is 122 Å². The Hall–Kier alpha value is -5.62. The highest BCUT2D eigenvalue weighted by atomic mass is 19.4.